The Morgan fingerprint density at radius 2 is 1.75 bits per heavy atom. The highest BCUT2D eigenvalue weighted by atomic mass is 32.1. The molecule has 0 aliphatic rings. The highest BCUT2D eigenvalue weighted by Gasteiger charge is 2.07. The number of anilines is 1. The van der Waals surface area contributed by atoms with E-state index in [-0.39, 0.29) is 16.4 Å². The summed E-state index contributed by atoms with van der Waals surface area (Å²) in [6.45, 7) is 0. The standard InChI is InChI=1S/C21H17N3O3S/c25-19-16(9-5-11-18(19)14-6-2-1-3-7-14)13-22-24-21(28)23-17-10-4-8-15(12-17)20(26)27/h1-13,25H,(H,26,27)(H2,23,24,28)/b22-13+. The number of nitrogens with one attached hydrogen (secondary N) is 2. The summed E-state index contributed by atoms with van der Waals surface area (Å²) in [6, 6.07) is 21.2. The molecule has 0 unspecified atom stereocenters. The van der Waals surface area contributed by atoms with Gasteiger partial charge in [0.2, 0.25) is 0 Å². The van der Waals surface area contributed by atoms with E-state index in [2.05, 4.69) is 15.8 Å². The second kappa shape index (κ2) is 8.79. The molecule has 0 spiro atoms. The van der Waals surface area contributed by atoms with Crippen molar-refractivity contribution in [1.29, 1.82) is 0 Å². The van der Waals surface area contributed by atoms with Crippen LogP contribution >= 0.6 is 12.2 Å². The molecule has 4 N–H and O–H groups in total. The van der Waals surface area contributed by atoms with Crippen molar-refractivity contribution in [2.75, 3.05) is 5.32 Å². The van der Waals surface area contributed by atoms with Crippen molar-refractivity contribution in [3.8, 4) is 16.9 Å². The van der Waals surface area contributed by atoms with E-state index in [1.807, 2.05) is 42.5 Å². The van der Waals surface area contributed by atoms with E-state index in [9.17, 15) is 9.90 Å². The Balaban J connectivity index is 1.67. The van der Waals surface area contributed by atoms with Gasteiger partial charge >= 0.3 is 5.97 Å². The fraction of sp³-hybridized carbons (Fsp3) is 0. The largest absolute Gasteiger partial charge is 0.507 e. The third-order valence-electron chi connectivity index (χ3n) is 3.89. The molecule has 0 radical (unpaired) electrons. The molecule has 28 heavy (non-hydrogen) atoms. The number of carbonyl (C=O) groups is 1. The summed E-state index contributed by atoms with van der Waals surface area (Å²) < 4.78 is 0. The van der Waals surface area contributed by atoms with Crippen LogP contribution in [-0.4, -0.2) is 27.5 Å². The molecule has 0 bridgehead atoms. The van der Waals surface area contributed by atoms with Crippen LogP contribution in [0.25, 0.3) is 11.1 Å². The van der Waals surface area contributed by atoms with Gasteiger partial charge in [-0.05, 0) is 42.0 Å². The second-order valence-electron chi connectivity index (χ2n) is 5.82. The number of rotatable bonds is 5. The van der Waals surface area contributed by atoms with Crippen LogP contribution in [0.5, 0.6) is 5.75 Å². The van der Waals surface area contributed by atoms with Crippen LogP contribution < -0.4 is 10.7 Å². The lowest BCUT2D eigenvalue weighted by molar-refractivity contribution is 0.0697. The van der Waals surface area contributed by atoms with Crippen LogP contribution in [0.2, 0.25) is 0 Å². The Bertz CT molecular complexity index is 1040. The second-order valence-corrected chi connectivity index (χ2v) is 6.23. The number of benzene rings is 3. The van der Waals surface area contributed by atoms with Crippen LogP contribution in [0.1, 0.15) is 15.9 Å². The summed E-state index contributed by atoms with van der Waals surface area (Å²) in [5.41, 5.74) is 5.46. The molecule has 0 heterocycles. The molecule has 0 aliphatic heterocycles. The number of carboxylic acid groups (broad SMARTS) is 1. The average Bonchev–Trinajstić information content (AvgIpc) is 2.70. The first-order valence-corrected chi connectivity index (χ1v) is 8.76. The molecule has 6 nitrogen and oxygen atoms in total. The molecular weight excluding hydrogens is 374 g/mol. The van der Waals surface area contributed by atoms with Crippen molar-refractivity contribution < 1.29 is 15.0 Å². The number of thiocarbonyl (C=S) groups is 1. The molecule has 140 valence electrons. The maximum atomic E-state index is 11.0. The zero-order chi connectivity index (χ0) is 19.9. The Morgan fingerprint density at radius 3 is 2.50 bits per heavy atom. The first kappa shape index (κ1) is 19.1. The molecular formula is C21H17N3O3S. The monoisotopic (exact) mass is 391 g/mol. The Labute approximate surface area is 167 Å². The Kier molecular flexibility index (Phi) is 5.98. The third-order valence-corrected chi connectivity index (χ3v) is 4.08. The number of hydrogen-bond donors (Lipinski definition) is 4. The number of hydrogen-bond acceptors (Lipinski definition) is 4. The number of phenolic OH excluding ortho intramolecular Hbond substituents is 1. The summed E-state index contributed by atoms with van der Waals surface area (Å²) >= 11 is 5.15. The van der Waals surface area contributed by atoms with E-state index in [1.165, 1.54) is 18.3 Å². The van der Waals surface area contributed by atoms with E-state index < -0.39 is 5.97 Å². The van der Waals surface area contributed by atoms with E-state index in [1.54, 1.807) is 18.2 Å². The molecule has 0 fully saturated rings. The van der Waals surface area contributed by atoms with Crippen molar-refractivity contribution >= 4 is 35.2 Å². The van der Waals surface area contributed by atoms with Crippen LogP contribution in [-0.2, 0) is 0 Å². The highest BCUT2D eigenvalue weighted by molar-refractivity contribution is 7.80. The van der Waals surface area contributed by atoms with E-state index in [0.29, 0.717) is 16.8 Å². The molecule has 3 rings (SSSR count). The van der Waals surface area contributed by atoms with Gasteiger partial charge in [-0.25, -0.2) is 4.79 Å². The van der Waals surface area contributed by atoms with Crippen molar-refractivity contribution in [1.82, 2.24) is 5.43 Å². The minimum atomic E-state index is -1.02. The quantitative estimate of drug-likeness (QED) is 0.297. The summed E-state index contributed by atoms with van der Waals surface area (Å²) in [5, 5.41) is 26.6. The minimum absolute atomic E-state index is 0.118. The van der Waals surface area contributed by atoms with E-state index >= 15 is 0 Å². The fourth-order valence-corrected chi connectivity index (χ4v) is 2.74. The summed E-state index contributed by atoms with van der Waals surface area (Å²) in [7, 11) is 0. The number of aromatic hydroxyl groups is 1. The molecule has 0 aliphatic carbocycles. The summed E-state index contributed by atoms with van der Waals surface area (Å²) in [4.78, 5) is 11.0. The van der Waals surface area contributed by atoms with Gasteiger partial charge < -0.3 is 15.5 Å². The topological polar surface area (TPSA) is 94.0 Å². The minimum Gasteiger partial charge on any atom is -0.507 e. The summed E-state index contributed by atoms with van der Waals surface area (Å²) in [6.07, 6.45) is 1.46. The molecule has 3 aromatic rings. The Morgan fingerprint density at radius 1 is 1.00 bits per heavy atom. The van der Waals surface area contributed by atoms with Crippen LogP contribution in [0.15, 0.2) is 77.9 Å². The first-order chi connectivity index (χ1) is 13.5. The number of aromatic carboxylic acids is 1. The van der Waals surface area contributed by atoms with E-state index in [4.69, 9.17) is 17.3 Å². The van der Waals surface area contributed by atoms with Gasteiger partial charge in [-0.1, -0.05) is 48.5 Å². The fourth-order valence-electron chi connectivity index (χ4n) is 2.57. The van der Waals surface area contributed by atoms with E-state index in [0.717, 1.165) is 5.56 Å². The molecule has 0 amide bonds. The lowest BCUT2D eigenvalue weighted by Crippen LogP contribution is -2.24. The van der Waals surface area contributed by atoms with Gasteiger partial charge in [0, 0.05) is 16.8 Å². The smallest absolute Gasteiger partial charge is 0.335 e. The SMILES string of the molecule is O=C(O)c1cccc(NC(=S)N/N=C/c2cccc(-c3ccccc3)c2O)c1. The van der Waals surface area contributed by atoms with Crippen molar-refractivity contribution in [3.63, 3.8) is 0 Å². The van der Waals surface area contributed by atoms with Gasteiger partial charge in [-0.2, -0.15) is 5.10 Å². The van der Waals surface area contributed by atoms with Gasteiger partial charge in [0.05, 0.1) is 11.8 Å². The zero-order valence-electron chi connectivity index (χ0n) is 14.7. The predicted molar refractivity (Wildman–Crippen MR) is 114 cm³/mol. The number of hydrazone groups is 1. The number of phenols is 1. The van der Waals surface area contributed by atoms with Gasteiger partial charge in [0.1, 0.15) is 5.75 Å². The van der Waals surface area contributed by atoms with Gasteiger partial charge in [0.15, 0.2) is 5.11 Å². The first-order valence-electron chi connectivity index (χ1n) is 8.35. The van der Waals surface area contributed by atoms with Crippen molar-refractivity contribution in [3.05, 3.63) is 83.9 Å². The van der Waals surface area contributed by atoms with Gasteiger partial charge in [-0.15, -0.1) is 0 Å². The number of nitrogens with zero attached hydrogens (tertiary/aromatic N) is 1. The highest BCUT2D eigenvalue weighted by Crippen LogP contribution is 2.31. The molecule has 0 atom stereocenters. The van der Waals surface area contributed by atoms with Crippen molar-refractivity contribution in [2.24, 2.45) is 5.10 Å². The lowest BCUT2D eigenvalue weighted by atomic mass is 10.0. The zero-order valence-corrected chi connectivity index (χ0v) is 15.5. The molecule has 0 saturated carbocycles. The molecule has 7 heteroatoms. The Hall–Kier alpha value is -3.71. The van der Waals surface area contributed by atoms with Gasteiger partial charge in [0.25, 0.3) is 0 Å². The normalized spacial score (nSPS) is 10.6. The molecule has 0 saturated heterocycles. The van der Waals surface area contributed by atoms with Crippen LogP contribution in [0.3, 0.4) is 0 Å². The maximum absolute atomic E-state index is 11.0. The lowest BCUT2D eigenvalue weighted by Gasteiger charge is -2.09. The number of para-hydroxylation sites is 1. The van der Waals surface area contributed by atoms with Crippen LogP contribution in [0.4, 0.5) is 5.69 Å². The summed E-state index contributed by atoms with van der Waals surface area (Å²) in [5.74, 6) is -0.901. The van der Waals surface area contributed by atoms with Crippen molar-refractivity contribution in [2.45, 2.75) is 0 Å². The van der Waals surface area contributed by atoms with Gasteiger partial charge in [-0.3, -0.25) is 5.43 Å². The molecule has 3 aromatic carbocycles. The number of carboxylic acids is 1. The maximum Gasteiger partial charge on any atom is 0.335 e. The third kappa shape index (κ3) is 4.72. The average molecular weight is 391 g/mol. The molecule has 0 aromatic heterocycles. The van der Waals surface area contributed by atoms with Crippen LogP contribution in [0, 0.1) is 0 Å². The predicted octanol–water partition coefficient (Wildman–Crippen LogP) is 4.08.